The zero-order valence-electron chi connectivity index (χ0n) is 11.6. The van der Waals surface area contributed by atoms with Crippen LogP contribution in [0, 0.1) is 18.8 Å². The predicted molar refractivity (Wildman–Crippen MR) is 73.4 cm³/mol. The number of fused-ring (bicyclic) bond motifs is 1. The summed E-state index contributed by atoms with van der Waals surface area (Å²) in [5.74, 6) is 2.39. The van der Waals surface area contributed by atoms with Crippen LogP contribution in [0.4, 0.5) is 5.82 Å². The quantitative estimate of drug-likeness (QED) is 0.766. The number of aryl methyl sites for hydroxylation is 1. The van der Waals surface area contributed by atoms with E-state index in [-0.39, 0.29) is 5.97 Å². The van der Waals surface area contributed by atoms with Gasteiger partial charge in [0, 0.05) is 19.3 Å². The smallest absolute Gasteiger partial charge is 0.339 e. The second kappa shape index (κ2) is 4.83. The van der Waals surface area contributed by atoms with Crippen molar-refractivity contribution in [1.82, 2.24) is 4.98 Å². The van der Waals surface area contributed by atoms with Crippen LogP contribution in [0.2, 0.25) is 0 Å². The molecule has 1 aliphatic heterocycles. The maximum atomic E-state index is 11.6. The number of rotatable bonds is 2. The van der Waals surface area contributed by atoms with Crippen molar-refractivity contribution in [2.24, 2.45) is 11.8 Å². The maximum Gasteiger partial charge on any atom is 0.339 e. The van der Waals surface area contributed by atoms with E-state index >= 15 is 0 Å². The number of anilines is 1. The molecule has 0 unspecified atom stereocenters. The molecule has 1 aromatic heterocycles. The molecule has 1 aromatic rings. The second-order valence-electron chi connectivity index (χ2n) is 5.71. The van der Waals surface area contributed by atoms with Crippen LogP contribution in [0.3, 0.4) is 0 Å². The SMILES string of the molecule is COC(=O)c1cnc(N2C[C@H]3CCC[C@H]3C2)cc1C. The third kappa shape index (κ3) is 2.20. The summed E-state index contributed by atoms with van der Waals surface area (Å²) >= 11 is 0. The van der Waals surface area contributed by atoms with Gasteiger partial charge in [0.25, 0.3) is 0 Å². The van der Waals surface area contributed by atoms with Gasteiger partial charge in [-0.2, -0.15) is 0 Å². The molecule has 19 heavy (non-hydrogen) atoms. The topological polar surface area (TPSA) is 42.4 Å². The minimum absolute atomic E-state index is 0.310. The number of aromatic nitrogens is 1. The van der Waals surface area contributed by atoms with Crippen LogP contribution < -0.4 is 4.90 Å². The molecule has 1 saturated carbocycles. The van der Waals surface area contributed by atoms with Gasteiger partial charge in [0.1, 0.15) is 5.82 Å². The minimum atomic E-state index is -0.310. The Labute approximate surface area is 113 Å². The summed E-state index contributed by atoms with van der Waals surface area (Å²) in [6.07, 6.45) is 5.75. The molecule has 4 heteroatoms. The minimum Gasteiger partial charge on any atom is -0.465 e. The molecule has 0 radical (unpaired) electrons. The van der Waals surface area contributed by atoms with Gasteiger partial charge in [0.15, 0.2) is 0 Å². The van der Waals surface area contributed by atoms with Crippen molar-refractivity contribution >= 4 is 11.8 Å². The number of hydrogen-bond acceptors (Lipinski definition) is 4. The first kappa shape index (κ1) is 12.5. The summed E-state index contributed by atoms with van der Waals surface area (Å²) in [4.78, 5) is 18.4. The average molecular weight is 260 g/mol. The van der Waals surface area contributed by atoms with Crippen molar-refractivity contribution in [3.8, 4) is 0 Å². The van der Waals surface area contributed by atoms with E-state index in [0.29, 0.717) is 5.56 Å². The molecule has 4 nitrogen and oxygen atoms in total. The van der Waals surface area contributed by atoms with Gasteiger partial charge in [0.2, 0.25) is 0 Å². The number of carbonyl (C=O) groups excluding carboxylic acids is 1. The average Bonchev–Trinajstić information content (AvgIpc) is 2.98. The van der Waals surface area contributed by atoms with Gasteiger partial charge < -0.3 is 9.64 Å². The summed E-state index contributed by atoms with van der Waals surface area (Å²) in [6, 6.07) is 2.01. The Balaban J connectivity index is 1.79. The van der Waals surface area contributed by atoms with E-state index in [0.717, 1.165) is 36.3 Å². The van der Waals surface area contributed by atoms with Crippen molar-refractivity contribution in [2.45, 2.75) is 26.2 Å². The van der Waals surface area contributed by atoms with Crippen LogP contribution in [0.5, 0.6) is 0 Å². The van der Waals surface area contributed by atoms with Gasteiger partial charge in [-0.05, 0) is 43.2 Å². The van der Waals surface area contributed by atoms with Crippen LogP contribution in [0.15, 0.2) is 12.3 Å². The predicted octanol–water partition coefficient (Wildman–Crippen LogP) is 2.41. The third-order valence-electron chi connectivity index (χ3n) is 4.55. The Kier molecular flexibility index (Phi) is 3.17. The number of methoxy groups -OCH3 is 1. The van der Waals surface area contributed by atoms with E-state index in [9.17, 15) is 4.79 Å². The molecule has 2 aliphatic rings. The molecular weight excluding hydrogens is 240 g/mol. The summed E-state index contributed by atoms with van der Waals surface area (Å²) in [6.45, 7) is 4.18. The molecule has 0 spiro atoms. The fourth-order valence-corrected chi connectivity index (χ4v) is 3.46. The van der Waals surface area contributed by atoms with Crippen molar-refractivity contribution in [3.05, 3.63) is 23.4 Å². The summed E-state index contributed by atoms with van der Waals surface area (Å²) in [5.41, 5.74) is 1.50. The molecule has 0 amide bonds. The monoisotopic (exact) mass is 260 g/mol. The third-order valence-corrected chi connectivity index (χ3v) is 4.55. The van der Waals surface area contributed by atoms with E-state index in [1.165, 1.54) is 26.4 Å². The van der Waals surface area contributed by atoms with Crippen LogP contribution in [0.25, 0.3) is 0 Å². The fourth-order valence-electron chi connectivity index (χ4n) is 3.46. The highest BCUT2D eigenvalue weighted by molar-refractivity contribution is 5.90. The van der Waals surface area contributed by atoms with E-state index in [1.54, 1.807) is 6.20 Å². The lowest BCUT2D eigenvalue weighted by atomic mass is 10.0. The van der Waals surface area contributed by atoms with Gasteiger partial charge in [-0.15, -0.1) is 0 Å². The number of esters is 1. The lowest BCUT2D eigenvalue weighted by Crippen LogP contribution is -2.22. The number of nitrogens with zero attached hydrogens (tertiary/aromatic N) is 2. The molecule has 1 saturated heterocycles. The molecule has 0 bridgehead atoms. The molecule has 2 fully saturated rings. The Morgan fingerprint density at radius 3 is 2.63 bits per heavy atom. The number of ether oxygens (including phenoxy) is 1. The lowest BCUT2D eigenvalue weighted by molar-refractivity contribution is 0.0599. The first-order valence-corrected chi connectivity index (χ1v) is 6.99. The van der Waals surface area contributed by atoms with Crippen molar-refractivity contribution in [1.29, 1.82) is 0 Å². The largest absolute Gasteiger partial charge is 0.465 e. The lowest BCUT2D eigenvalue weighted by Gasteiger charge is -2.19. The first-order chi connectivity index (χ1) is 9.19. The maximum absolute atomic E-state index is 11.6. The van der Waals surface area contributed by atoms with Crippen molar-refractivity contribution < 1.29 is 9.53 Å². The highest BCUT2D eigenvalue weighted by Gasteiger charge is 2.36. The number of carbonyl (C=O) groups is 1. The Morgan fingerprint density at radius 1 is 1.37 bits per heavy atom. The standard InChI is InChI=1S/C15H20N2O2/c1-10-6-14(16-7-13(10)15(18)19-2)17-8-11-4-3-5-12(11)9-17/h6-7,11-12H,3-5,8-9H2,1-2H3/t11-,12+. The molecule has 102 valence electrons. The first-order valence-electron chi connectivity index (χ1n) is 6.99. The second-order valence-corrected chi connectivity index (χ2v) is 5.71. The van der Waals surface area contributed by atoms with E-state index in [1.807, 2.05) is 13.0 Å². The van der Waals surface area contributed by atoms with Gasteiger partial charge in [-0.1, -0.05) is 6.42 Å². The molecule has 3 rings (SSSR count). The fraction of sp³-hybridized carbons (Fsp3) is 0.600. The number of hydrogen-bond donors (Lipinski definition) is 0. The van der Waals surface area contributed by atoms with Crippen LogP contribution in [0.1, 0.15) is 35.2 Å². The molecule has 2 heterocycles. The number of pyridine rings is 1. The molecule has 0 aromatic carbocycles. The van der Waals surface area contributed by atoms with Crippen molar-refractivity contribution in [3.63, 3.8) is 0 Å². The summed E-state index contributed by atoms with van der Waals surface area (Å²) < 4.78 is 4.75. The van der Waals surface area contributed by atoms with Gasteiger partial charge in [-0.25, -0.2) is 9.78 Å². The molecule has 1 aliphatic carbocycles. The Hall–Kier alpha value is -1.58. The molecular formula is C15H20N2O2. The van der Waals surface area contributed by atoms with Gasteiger partial charge >= 0.3 is 5.97 Å². The molecule has 0 N–H and O–H groups in total. The zero-order valence-corrected chi connectivity index (χ0v) is 11.6. The summed E-state index contributed by atoms with van der Waals surface area (Å²) in [5, 5.41) is 0. The zero-order chi connectivity index (χ0) is 13.4. The highest BCUT2D eigenvalue weighted by atomic mass is 16.5. The van der Waals surface area contributed by atoms with E-state index in [2.05, 4.69) is 9.88 Å². The van der Waals surface area contributed by atoms with Gasteiger partial charge in [0.05, 0.1) is 12.7 Å². The van der Waals surface area contributed by atoms with Crippen molar-refractivity contribution in [2.75, 3.05) is 25.1 Å². The van der Waals surface area contributed by atoms with Crippen LogP contribution >= 0.6 is 0 Å². The van der Waals surface area contributed by atoms with E-state index < -0.39 is 0 Å². The van der Waals surface area contributed by atoms with Gasteiger partial charge in [-0.3, -0.25) is 0 Å². The molecule has 2 atom stereocenters. The normalized spacial score (nSPS) is 25.5. The highest BCUT2D eigenvalue weighted by Crippen LogP contribution is 2.39. The summed E-state index contributed by atoms with van der Waals surface area (Å²) in [7, 11) is 1.40. The van der Waals surface area contributed by atoms with E-state index in [4.69, 9.17) is 4.74 Å². The van der Waals surface area contributed by atoms with Crippen LogP contribution in [-0.2, 0) is 4.74 Å². The Morgan fingerprint density at radius 2 is 2.05 bits per heavy atom. The Bertz CT molecular complexity index is 489. The van der Waals surface area contributed by atoms with Crippen LogP contribution in [-0.4, -0.2) is 31.2 Å².